The number of hydrogen-bond donors (Lipinski definition) is 2. The van der Waals surface area contributed by atoms with Crippen molar-refractivity contribution < 1.29 is 4.79 Å². The van der Waals surface area contributed by atoms with Crippen LogP contribution in [0, 0.1) is 5.92 Å². The highest BCUT2D eigenvalue weighted by atomic mass is 35.5. The molecule has 1 heterocycles. The van der Waals surface area contributed by atoms with Crippen LogP contribution < -0.4 is 11.1 Å². The second kappa shape index (κ2) is 7.45. The van der Waals surface area contributed by atoms with E-state index in [1.807, 2.05) is 32.0 Å². The first-order valence-electron chi connectivity index (χ1n) is 6.36. The molecule has 1 amide bonds. The molecule has 0 bridgehead atoms. The maximum absolute atomic E-state index is 11.9. The van der Waals surface area contributed by atoms with Gasteiger partial charge in [0.2, 0.25) is 5.91 Å². The molecular formula is C14H18Cl2N4O. The molecule has 114 valence electrons. The largest absolute Gasteiger partial charge is 0.320 e. The molecule has 5 nitrogen and oxygen atoms in total. The topological polar surface area (TPSA) is 72.9 Å². The normalized spacial score (nSPS) is 11.9. The standard InChI is InChI=1S/C14H17ClN4O.ClH/c1-9(2)13(16)14(20)17-12-7-8-19(18-12)11-6-4-3-5-10(11)15;/h3-9,13H,16H2,1-2H3,(H,17,18,20);1H/t13-;/m0./s1. The summed E-state index contributed by atoms with van der Waals surface area (Å²) < 4.78 is 1.61. The zero-order valence-corrected chi connectivity index (χ0v) is 13.4. The van der Waals surface area contributed by atoms with Gasteiger partial charge < -0.3 is 11.1 Å². The number of nitrogens with one attached hydrogen (secondary N) is 1. The van der Waals surface area contributed by atoms with E-state index in [0.717, 1.165) is 5.69 Å². The molecule has 0 radical (unpaired) electrons. The van der Waals surface area contributed by atoms with E-state index in [2.05, 4.69) is 10.4 Å². The fourth-order valence-electron chi connectivity index (χ4n) is 1.67. The van der Waals surface area contributed by atoms with Crippen molar-refractivity contribution in [2.75, 3.05) is 5.32 Å². The number of anilines is 1. The minimum absolute atomic E-state index is 0. The molecule has 0 aliphatic rings. The molecule has 0 spiro atoms. The van der Waals surface area contributed by atoms with E-state index in [1.54, 1.807) is 23.0 Å². The molecule has 21 heavy (non-hydrogen) atoms. The summed E-state index contributed by atoms with van der Waals surface area (Å²) in [7, 11) is 0. The molecule has 0 unspecified atom stereocenters. The molecule has 7 heteroatoms. The Morgan fingerprint density at radius 3 is 2.62 bits per heavy atom. The predicted octanol–water partition coefficient (Wildman–Crippen LogP) is 2.87. The minimum atomic E-state index is -0.555. The van der Waals surface area contributed by atoms with Crippen LogP contribution in [0.15, 0.2) is 36.5 Å². The summed E-state index contributed by atoms with van der Waals surface area (Å²) in [6.45, 7) is 3.79. The Kier molecular flexibility index (Phi) is 6.20. The van der Waals surface area contributed by atoms with Gasteiger partial charge in [0.1, 0.15) is 0 Å². The van der Waals surface area contributed by atoms with E-state index < -0.39 is 6.04 Å². The van der Waals surface area contributed by atoms with Gasteiger partial charge in [0.25, 0.3) is 0 Å². The third kappa shape index (κ3) is 4.20. The van der Waals surface area contributed by atoms with E-state index in [0.29, 0.717) is 10.8 Å². The maximum atomic E-state index is 11.9. The molecule has 0 saturated carbocycles. The van der Waals surface area contributed by atoms with E-state index in [-0.39, 0.29) is 24.2 Å². The van der Waals surface area contributed by atoms with Crippen LogP contribution in [0.3, 0.4) is 0 Å². The SMILES string of the molecule is CC(C)[C@H](N)C(=O)Nc1ccn(-c2ccccc2Cl)n1.Cl. The van der Waals surface area contributed by atoms with E-state index in [9.17, 15) is 4.79 Å². The highest BCUT2D eigenvalue weighted by Crippen LogP contribution is 2.20. The van der Waals surface area contributed by atoms with Crippen LogP contribution in [0.4, 0.5) is 5.82 Å². The van der Waals surface area contributed by atoms with E-state index >= 15 is 0 Å². The lowest BCUT2D eigenvalue weighted by atomic mass is 10.1. The highest BCUT2D eigenvalue weighted by molar-refractivity contribution is 6.32. The molecule has 2 rings (SSSR count). The number of aromatic nitrogens is 2. The van der Waals surface area contributed by atoms with Crippen molar-refractivity contribution in [1.29, 1.82) is 0 Å². The molecule has 2 aromatic rings. The van der Waals surface area contributed by atoms with E-state index in [1.165, 1.54) is 0 Å². The van der Waals surface area contributed by atoms with Gasteiger partial charge in [-0.3, -0.25) is 4.79 Å². The minimum Gasteiger partial charge on any atom is -0.320 e. The van der Waals surface area contributed by atoms with Gasteiger partial charge in [0.05, 0.1) is 16.8 Å². The zero-order valence-electron chi connectivity index (χ0n) is 11.8. The number of carbonyl (C=O) groups is 1. The van der Waals surface area contributed by atoms with Crippen molar-refractivity contribution in [3.8, 4) is 5.69 Å². The third-order valence-electron chi connectivity index (χ3n) is 2.96. The average Bonchev–Trinajstić information content (AvgIpc) is 2.86. The second-order valence-corrected chi connectivity index (χ2v) is 5.26. The first-order chi connectivity index (χ1) is 9.49. The molecule has 3 N–H and O–H groups in total. The van der Waals surface area contributed by atoms with Crippen LogP contribution >= 0.6 is 24.0 Å². The lowest BCUT2D eigenvalue weighted by molar-refractivity contribution is -0.118. The number of amides is 1. The van der Waals surface area contributed by atoms with E-state index in [4.69, 9.17) is 17.3 Å². The first kappa shape index (κ1) is 17.5. The average molecular weight is 329 g/mol. The molecule has 0 aliphatic carbocycles. The predicted molar refractivity (Wildman–Crippen MR) is 87.3 cm³/mol. The van der Waals surface area contributed by atoms with Crippen molar-refractivity contribution in [1.82, 2.24) is 9.78 Å². The van der Waals surface area contributed by atoms with Gasteiger partial charge >= 0.3 is 0 Å². The molecule has 1 atom stereocenters. The Balaban J connectivity index is 0.00000220. The summed E-state index contributed by atoms with van der Waals surface area (Å²) in [6, 6.07) is 8.50. The third-order valence-corrected chi connectivity index (χ3v) is 3.28. The fourth-order valence-corrected chi connectivity index (χ4v) is 1.90. The molecule has 0 saturated heterocycles. The molecule has 1 aromatic carbocycles. The zero-order chi connectivity index (χ0) is 14.7. The summed E-state index contributed by atoms with van der Waals surface area (Å²) in [5.74, 6) is 0.274. The summed E-state index contributed by atoms with van der Waals surface area (Å²) in [5.41, 5.74) is 6.53. The number of rotatable bonds is 4. The number of nitrogens with zero attached hydrogens (tertiary/aromatic N) is 2. The van der Waals surface area contributed by atoms with Crippen LogP contribution in [0.1, 0.15) is 13.8 Å². The van der Waals surface area contributed by atoms with Crippen LogP contribution in [-0.4, -0.2) is 21.7 Å². The Morgan fingerprint density at radius 1 is 1.33 bits per heavy atom. The first-order valence-corrected chi connectivity index (χ1v) is 6.74. The Labute approximate surface area is 134 Å². The molecule has 1 aromatic heterocycles. The quantitative estimate of drug-likeness (QED) is 0.906. The van der Waals surface area contributed by atoms with Crippen LogP contribution in [0.5, 0.6) is 0 Å². The van der Waals surface area contributed by atoms with Crippen LogP contribution in [0.2, 0.25) is 5.02 Å². The van der Waals surface area contributed by atoms with Crippen molar-refractivity contribution in [3.63, 3.8) is 0 Å². The lowest BCUT2D eigenvalue weighted by Gasteiger charge is -2.13. The van der Waals surface area contributed by atoms with Gasteiger partial charge in [0, 0.05) is 12.3 Å². The number of hydrogen-bond acceptors (Lipinski definition) is 3. The van der Waals surface area contributed by atoms with Crippen molar-refractivity contribution in [2.45, 2.75) is 19.9 Å². The molecular weight excluding hydrogens is 311 g/mol. The van der Waals surface area contributed by atoms with Gasteiger partial charge in [-0.05, 0) is 18.1 Å². The van der Waals surface area contributed by atoms with Crippen LogP contribution in [-0.2, 0) is 4.79 Å². The van der Waals surface area contributed by atoms with Gasteiger partial charge in [-0.25, -0.2) is 4.68 Å². The summed E-state index contributed by atoms with van der Waals surface area (Å²) in [4.78, 5) is 11.9. The summed E-state index contributed by atoms with van der Waals surface area (Å²) in [6.07, 6.45) is 1.73. The maximum Gasteiger partial charge on any atom is 0.242 e. The van der Waals surface area contributed by atoms with Crippen molar-refractivity contribution >= 4 is 35.7 Å². The monoisotopic (exact) mass is 328 g/mol. The fraction of sp³-hybridized carbons (Fsp3) is 0.286. The van der Waals surface area contributed by atoms with Gasteiger partial charge in [-0.1, -0.05) is 37.6 Å². The number of para-hydroxylation sites is 1. The smallest absolute Gasteiger partial charge is 0.242 e. The van der Waals surface area contributed by atoms with Crippen molar-refractivity contribution in [3.05, 3.63) is 41.6 Å². The second-order valence-electron chi connectivity index (χ2n) is 4.86. The van der Waals surface area contributed by atoms with Gasteiger partial charge in [-0.2, -0.15) is 5.10 Å². The number of halogens is 2. The number of benzene rings is 1. The Morgan fingerprint density at radius 2 is 2.00 bits per heavy atom. The molecule has 0 fully saturated rings. The van der Waals surface area contributed by atoms with Crippen molar-refractivity contribution in [2.24, 2.45) is 11.7 Å². The number of nitrogens with two attached hydrogens (primary N) is 1. The lowest BCUT2D eigenvalue weighted by Crippen LogP contribution is -2.39. The van der Waals surface area contributed by atoms with Gasteiger partial charge in [-0.15, -0.1) is 12.4 Å². The highest BCUT2D eigenvalue weighted by Gasteiger charge is 2.18. The molecule has 0 aliphatic heterocycles. The van der Waals surface area contributed by atoms with Crippen LogP contribution in [0.25, 0.3) is 5.69 Å². The Bertz CT molecular complexity index is 613. The van der Waals surface area contributed by atoms with Gasteiger partial charge in [0.15, 0.2) is 5.82 Å². The Hall–Kier alpha value is -1.56. The number of carbonyl (C=O) groups excluding carboxylic acids is 1. The summed E-state index contributed by atoms with van der Waals surface area (Å²) in [5, 5.41) is 7.55. The summed E-state index contributed by atoms with van der Waals surface area (Å²) >= 11 is 6.10.